The predicted octanol–water partition coefficient (Wildman–Crippen LogP) is 2.88. The van der Waals surface area contributed by atoms with Crippen LogP contribution < -0.4 is 5.32 Å². The number of aliphatic carboxylic acids is 1. The number of carbonyl (C=O) groups is 2. The van der Waals surface area contributed by atoms with Gasteiger partial charge < -0.3 is 10.4 Å². The van der Waals surface area contributed by atoms with Crippen LogP contribution in [0.5, 0.6) is 0 Å². The van der Waals surface area contributed by atoms with Crippen molar-refractivity contribution >= 4 is 11.9 Å². The van der Waals surface area contributed by atoms with Crippen molar-refractivity contribution in [2.24, 2.45) is 0 Å². The van der Waals surface area contributed by atoms with Gasteiger partial charge in [-0.2, -0.15) is 0 Å². The molecule has 0 saturated carbocycles. The van der Waals surface area contributed by atoms with Gasteiger partial charge in [-0.3, -0.25) is 14.8 Å². The summed E-state index contributed by atoms with van der Waals surface area (Å²) < 4.78 is 0. The zero-order valence-electron chi connectivity index (χ0n) is 14.8. The molecule has 27 heavy (non-hydrogen) atoms. The maximum absolute atomic E-state index is 12.6. The smallest absolute Gasteiger partial charge is 0.326 e. The largest absolute Gasteiger partial charge is 0.480 e. The highest BCUT2D eigenvalue weighted by atomic mass is 16.4. The third-order valence-corrected chi connectivity index (χ3v) is 4.09. The monoisotopic (exact) mass is 361 g/mol. The Labute approximate surface area is 156 Å². The lowest BCUT2D eigenvalue weighted by Gasteiger charge is -2.15. The van der Waals surface area contributed by atoms with E-state index in [0.29, 0.717) is 17.0 Å². The van der Waals surface area contributed by atoms with Crippen molar-refractivity contribution in [2.45, 2.75) is 19.4 Å². The number of nitrogens with one attached hydrogen (secondary N) is 1. The molecule has 0 radical (unpaired) electrons. The number of carbonyl (C=O) groups excluding carboxylic acids is 1. The van der Waals surface area contributed by atoms with Crippen LogP contribution in [0.4, 0.5) is 0 Å². The van der Waals surface area contributed by atoms with Gasteiger partial charge in [0.15, 0.2) is 0 Å². The molecule has 6 heteroatoms. The van der Waals surface area contributed by atoms with E-state index < -0.39 is 17.9 Å². The van der Waals surface area contributed by atoms with Crippen LogP contribution in [0.15, 0.2) is 67.0 Å². The van der Waals surface area contributed by atoms with Crippen molar-refractivity contribution in [3.63, 3.8) is 0 Å². The van der Waals surface area contributed by atoms with E-state index in [1.807, 2.05) is 49.4 Å². The summed E-state index contributed by atoms with van der Waals surface area (Å²) in [6.07, 6.45) is 3.40. The lowest BCUT2D eigenvalue weighted by atomic mass is 10.1. The Morgan fingerprint density at radius 1 is 1.00 bits per heavy atom. The number of aryl methyl sites for hydroxylation is 1. The van der Waals surface area contributed by atoms with E-state index in [2.05, 4.69) is 15.3 Å². The van der Waals surface area contributed by atoms with Crippen LogP contribution in [0.25, 0.3) is 11.4 Å². The fourth-order valence-electron chi connectivity index (χ4n) is 2.68. The summed E-state index contributed by atoms with van der Waals surface area (Å²) in [5.41, 5.74) is 3.42. The molecule has 1 atom stereocenters. The molecule has 0 saturated heterocycles. The standard InChI is InChI=1S/C21H19N3O3/c1-14-7-9-22-17(11-14)18-13-16(8-10-23-18)20(25)24-19(21(26)27)12-15-5-3-2-4-6-15/h2-11,13,19H,12H2,1H3,(H,24,25)(H,26,27)/t19-/m0/s1. The second-order valence-corrected chi connectivity index (χ2v) is 6.20. The number of hydrogen-bond acceptors (Lipinski definition) is 4. The molecule has 0 aliphatic heterocycles. The van der Waals surface area contributed by atoms with Crippen molar-refractivity contribution in [1.29, 1.82) is 0 Å². The number of carboxylic acids is 1. The van der Waals surface area contributed by atoms with Gasteiger partial charge >= 0.3 is 5.97 Å². The highest BCUT2D eigenvalue weighted by molar-refractivity contribution is 5.97. The van der Waals surface area contributed by atoms with Crippen LogP contribution in [0.2, 0.25) is 0 Å². The van der Waals surface area contributed by atoms with E-state index in [1.54, 1.807) is 18.3 Å². The molecule has 0 unspecified atom stereocenters. The molecular formula is C21H19N3O3. The SMILES string of the molecule is Cc1ccnc(-c2cc(C(=O)N[C@@H](Cc3ccccc3)C(=O)O)ccn2)c1. The number of benzene rings is 1. The van der Waals surface area contributed by atoms with Gasteiger partial charge in [-0.05, 0) is 42.3 Å². The molecule has 0 aliphatic rings. The number of carboxylic acid groups (broad SMARTS) is 1. The molecule has 2 aromatic heterocycles. The number of aromatic nitrogens is 2. The van der Waals surface area contributed by atoms with E-state index >= 15 is 0 Å². The number of nitrogens with zero attached hydrogens (tertiary/aromatic N) is 2. The Kier molecular flexibility index (Phi) is 5.56. The van der Waals surface area contributed by atoms with Gasteiger partial charge in [0.25, 0.3) is 5.91 Å². The Bertz CT molecular complexity index is 958. The predicted molar refractivity (Wildman–Crippen MR) is 101 cm³/mol. The van der Waals surface area contributed by atoms with Gasteiger partial charge in [0, 0.05) is 24.4 Å². The molecule has 6 nitrogen and oxygen atoms in total. The number of rotatable bonds is 6. The van der Waals surface area contributed by atoms with Crippen molar-refractivity contribution in [2.75, 3.05) is 0 Å². The summed E-state index contributed by atoms with van der Waals surface area (Å²) in [5.74, 6) is -1.54. The Morgan fingerprint density at radius 2 is 1.67 bits per heavy atom. The van der Waals surface area contributed by atoms with Crippen LogP contribution in [-0.4, -0.2) is 33.0 Å². The first-order chi connectivity index (χ1) is 13.0. The van der Waals surface area contributed by atoms with Gasteiger partial charge in [0.2, 0.25) is 0 Å². The van der Waals surface area contributed by atoms with E-state index in [4.69, 9.17) is 0 Å². The lowest BCUT2D eigenvalue weighted by molar-refractivity contribution is -0.139. The normalized spacial score (nSPS) is 11.6. The number of pyridine rings is 2. The first-order valence-corrected chi connectivity index (χ1v) is 8.49. The van der Waals surface area contributed by atoms with E-state index in [1.165, 1.54) is 6.20 Å². The molecule has 2 heterocycles. The van der Waals surface area contributed by atoms with Crippen LogP contribution in [-0.2, 0) is 11.2 Å². The van der Waals surface area contributed by atoms with Gasteiger partial charge in [-0.15, -0.1) is 0 Å². The maximum Gasteiger partial charge on any atom is 0.326 e. The lowest BCUT2D eigenvalue weighted by Crippen LogP contribution is -2.42. The molecule has 1 amide bonds. The van der Waals surface area contributed by atoms with Crippen LogP contribution in [0, 0.1) is 6.92 Å². The summed E-state index contributed by atoms with van der Waals surface area (Å²) in [6, 6.07) is 15.1. The van der Waals surface area contributed by atoms with Crippen molar-refractivity contribution in [3.8, 4) is 11.4 Å². The van der Waals surface area contributed by atoms with Crippen molar-refractivity contribution in [3.05, 3.63) is 83.7 Å². The molecule has 1 aromatic carbocycles. The third kappa shape index (κ3) is 4.76. The zero-order chi connectivity index (χ0) is 19.2. The van der Waals surface area contributed by atoms with Crippen molar-refractivity contribution < 1.29 is 14.7 Å². The van der Waals surface area contributed by atoms with Crippen LogP contribution >= 0.6 is 0 Å². The molecule has 0 aliphatic carbocycles. The van der Waals surface area contributed by atoms with Crippen LogP contribution in [0.1, 0.15) is 21.5 Å². The van der Waals surface area contributed by atoms with Gasteiger partial charge in [-0.1, -0.05) is 30.3 Å². The Hall–Kier alpha value is -3.54. The van der Waals surface area contributed by atoms with Crippen molar-refractivity contribution in [1.82, 2.24) is 15.3 Å². The van der Waals surface area contributed by atoms with Gasteiger partial charge in [0.05, 0.1) is 11.4 Å². The fraction of sp³-hybridized carbons (Fsp3) is 0.143. The molecule has 3 aromatic rings. The molecule has 3 rings (SSSR count). The molecule has 0 fully saturated rings. The third-order valence-electron chi connectivity index (χ3n) is 4.09. The fourth-order valence-corrected chi connectivity index (χ4v) is 2.68. The summed E-state index contributed by atoms with van der Waals surface area (Å²) >= 11 is 0. The van der Waals surface area contributed by atoms with E-state index in [0.717, 1.165) is 11.1 Å². The minimum absolute atomic E-state index is 0.208. The highest BCUT2D eigenvalue weighted by Crippen LogP contribution is 2.16. The first-order valence-electron chi connectivity index (χ1n) is 8.49. The number of hydrogen-bond donors (Lipinski definition) is 2. The maximum atomic E-state index is 12.6. The Morgan fingerprint density at radius 3 is 2.33 bits per heavy atom. The average molecular weight is 361 g/mol. The molecule has 2 N–H and O–H groups in total. The Balaban J connectivity index is 1.78. The minimum atomic E-state index is -1.08. The summed E-state index contributed by atoms with van der Waals surface area (Å²) in [6.45, 7) is 1.95. The second-order valence-electron chi connectivity index (χ2n) is 6.20. The zero-order valence-corrected chi connectivity index (χ0v) is 14.8. The van der Waals surface area contributed by atoms with E-state index in [-0.39, 0.29) is 6.42 Å². The quantitative estimate of drug-likeness (QED) is 0.704. The van der Waals surface area contributed by atoms with E-state index in [9.17, 15) is 14.7 Å². The van der Waals surface area contributed by atoms with Gasteiger partial charge in [0.1, 0.15) is 6.04 Å². The average Bonchev–Trinajstić information content (AvgIpc) is 2.68. The van der Waals surface area contributed by atoms with Gasteiger partial charge in [-0.25, -0.2) is 4.79 Å². The first kappa shape index (κ1) is 18.3. The molecular weight excluding hydrogens is 342 g/mol. The number of amides is 1. The minimum Gasteiger partial charge on any atom is -0.480 e. The second kappa shape index (κ2) is 8.23. The van der Waals surface area contributed by atoms with Crippen LogP contribution in [0.3, 0.4) is 0 Å². The molecule has 136 valence electrons. The summed E-state index contributed by atoms with van der Waals surface area (Å²) in [5, 5.41) is 12.0. The highest BCUT2D eigenvalue weighted by Gasteiger charge is 2.21. The summed E-state index contributed by atoms with van der Waals surface area (Å²) in [4.78, 5) is 32.7. The summed E-state index contributed by atoms with van der Waals surface area (Å²) in [7, 11) is 0. The topological polar surface area (TPSA) is 92.2 Å². The molecule has 0 spiro atoms. The molecule has 0 bridgehead atoms.